The maximum atomic E-state index is 8.67. The van der Waals surface area contributed by atoms with E-state index in [0.29, 0.717) is 17.2 Å². The molecule has 1 atom stereocenters. The van der Waals surface area contributed by atoms with Gasteiger partial charge in [0.1, 0.15) is 17.6 Å². The monoisotopic (exact) mass is 187 g/mol. The highest BCUT2D eigenvalue weighted by Crippen LogP contribution is 2.46. The lowest BCUT2D eigenvalue weighted by Crippen LogP contribution is -2.09. The van der Waals surface area contributed by atoms with Gasteiger partial charge in [-0.05, 0) is 24.0 Å². The fourth-order valence-electron chi connectivity index (χ4n) is 1.47. The van der Waals surface area contributed by atoms with Crippen molar-refractivity contribution in [1.82, 2.24) is 4.98 Å². The molecule has 1 unspecified atom stereocenters. The lowest BCUT2D eigenvalue weighted by Gasteiger charge is -2.06. The van der Waals surface area contributed by atoms with Gasteiger partial charge in [0.05, 0.1) is 0 Å². The highest BCUT2D eigenvalue weighted by molar-refractivity contribution is 5.41. The molecule has 1 fully saturated rings. The molecule has 0 radical (unpaired) electrons. The summed E-state index contributed by atoms with van der Waals surface area (Å²) in [6.07, 6.45) is 1.17. The first kappa shape index (κ1) is 9.01. The topological polar surface area (TPSA) is 48.7 Å². The molecular formula is C11H13N3. The Labute approximate surface area is 83.8 Å². The third-order valence-electron chi connectivity index (χ3n) is 2.70. The number of nitrogens with zero attached hydrogens (tertiary/aromatic N) is 2. The maximum Gasteiger partial charge on any atom is 0.142 e. The van der Waals surface area contributed by atoms with Gasteiger partial charge in [-0.25, -0.2) is 4.98 Å². The normalized spacial score (nSPS) is 22.5. The van der Waals surface area contributed by atoms with Gasteiger partial charge in [0.25, 0.3) is 0 Å². The van der Waals surface area contributed by atoms with E-state index in [1.165, 1.54) is 6.42 Å². The summed E-state index contributed by atoms with van der Waals surface area (Å²) >= 11 is 0. The minimum absolute atomic E-state index is 0.379. The van der Waals surface area contributed by atoms with Crippen LogP contribution in [0.3, 0.4) is 0 Å². The van der Waals surface area contributed by atoms with E-state index in [-0.39, 0.29) is 0 Å². The van der Waals surface area contributed by atoms with Crippen LogP contribution in [0.1, 0.15) is 26.0 Å². The van der Waals surface area contributed by atoms with E-state index >= 15 is 0 Å². The summed E-state index contributed by atoms with van der Waals surface area (Å²) in [5.74, 6) is 0.805. The Hall–Kier alpha value is -1.56. The van der Waals surface area contributed by atoms with Crippen molar-refractivity contribution in [1.29, 1.82) is 5.26 Å². The van der Waals surface area contributed by atoms with Gasteiger partial charge < -0.3 is 5.32 Å². The molecule has 2 rings (SSSR count). The van der Waals surface area contributed by atoms with Crippen molar-refractivity contribution in [2.45, 2.75) is 26.3 Å². The van der Waals surface area contributed by atoms with Gasteiger partial charge in [0.15, 0.2) is 0 Å². The second-order valence-corrected chi connectivity index (χ2v) is 4.41. The largest absolute Gasteiger partial charge is 0.367 e. The van der Waals surface area contributed by atoms with Crippen molar-refractivity contribution in [3.05, 3.63) is 23.9 Å². The minimum atomic E-state index is 0.379. The molecule has 1 aromatic heterocycles. The average Bonchev–Trinajstić information content (AvgIpc) is 2.74. The van der Waals surface area contributed by atoms with Crippen LogP contribution in [0.5, 0.6) is 0 Å². The Morgan fingerprint density at radius 3 is 2.86 bits per heavy atom. The molecule has 1 saturated carbocycles. The second-order valence-electron chi connectivity index (χ2n) is 4.41. The van der Waals surface area contributed by atoms with Gasteiger partial charge in [0, 0.05) is 6.04 Å². The van der Waals surface area contributed by atoms with E-state index in [1.807, 2.05) is 18.2 Å². The van der Waals surface area contributed by atoms with E-state index in [4.69, 9.17) is 5.26 Å². The molecular weight excluding hydrogens is 174 g/mol. The van der Waals surface area contributed by atoms with Crippen LogP contribution in [0.4, 0.5) is 5.82 Å². The fourth-order valence-corrected chi connectivity index (χ4v) is 1.47. The number of nitrogens with one attached hydrogen (secondary N) is 1. The summed E-state index contributed by atoms with van der Waals surface area (Å²) in [5.41, 5.74) is 0.845. The number of hydrogen-bond acceptors (Lipinski definition) is 3. The summed E-state index contributed by atoms with van der Waals surface area (Å²) in [5, 5.41) is 12.0. The zero-order chi connectivity index (χ0) is 10.2. The molecule has 72 valence electrons. The Bertz CT molecular complexity index is 390. The molecule has 1 aliphatic rings. The highest BCUT2D eigenvalue weighted by atomic mass is 15.1. The third-order valence-corrected chi connectivity index (χ3v) is 2.70. The van der Waals surface area contributed by atoms with Crippen LogP contribution in [0.15, 0.2) is 18.2 Å². The molecule has 0 amide bonds. The molecule has 1 heterocycles. The van der Waals surface area contributed by atoms with Crippen molar-refractivity contribution >= 4 is 5.82 Å². The van der Waals surface area contributed by atoms with Crippen LogP contribution in [-0.2, 0) is 0 Å². The van der Waals surface area contributed by atoms with Crippen LogP contribution < -0.4 is 5.32 Å². The molecule has 1 N–H and O–H groups in total. The van der Waals surface area contributed by atoms with E-state index in [9.17, 15) is 0 Å². The third kappa shape index (κ3) is 1.69. The SMILES string of the molecule is CC1(C)CC1Nc1cccc(C#N)n1. The lowest BCUT2D eigenvalue weighted by atomic mass is 10.2. The molecule has 1 aromatic rings. The molecule has 3 nitrogen and oxygen atoms in total. The molecule has 3 heteroatoms. The van der Waals surface area contributed by atoms with Crippen molar-refractivity contribution < 1.29 is 0 Å². The Morgan fingerprint density at radius 2 is 2.29 bits per heavy atom. The van der Waals surface area contributed by atoms with Crippen molar-refractivity contribution in [3.63, 3.8) is 0 Å². The number of hydrogen-bond donors (Lipinski definition) is 1. The standard InChI is InChI=1S/C11H13N3/c1-11(2)6-9(11)14-10-5-3-4-8(7-12)13-10/h3-5,9H,6H2,1-2H3,(H,13,14). The maximum absolute atomic E-state index is 8.67. The number of aromatic nitrogens is 1. The molecule has 14 heavy (non-hydrogen) atoms. The molecule has 0 spiro atoms. The Kier molecular flexibility index (Phi) is 1.92. The van der Waals surface area contributed by atoms with Crippen LogP contribution in [0.25, 0.3) is 0 Å². The molecule has 1 aliphatic carbocycles. The summed E-state index contributed by atoms with van der Waals surface area (Å²) in [7, 11) is 0. The van der Waals surface area contributed by atoms with E-state index in [2.05, 4.69) is 24.1 Å². The number of anilines is 1. The van der Waals surface area contributed by atoms with E-state index < -0.39 is 0 Å². The van der Waals surface area contributed by atoms with Crippen LogP contribution in [-0.4, -0.2) is 11.0 Å². The quantitative estimate of drug-likeness (QED) is 0.771. The minimum Gasteiger partial charge on any atom is -0.367 e. The second kappa shape index (κ2) is 2.98. The zero-order valence-corrected chi connectivity index (χ0v) is 8.41. The first-order chi connectivity index (χ1) is 6.62. The Morgan fingerprint density at radius 1 is 1.57 bits per heavy atom. The van der Waals surface area contributed by atoms with Crippen LogP contribution in [0, 0.1) is 16.7 Å². The number of pyridine rings is 1. The summed E-state index contributed by atoms with van der Waals surface area (Å²) in [6.45, 7) is 4.44. The van der Waals surface area contributed by atoms with Gasteiger partial charge in [-0.15, -0.1) is 0 Å². The molecule has 0 saturated heterocycles. The molecule has 0 aliphatic heterocycles. The predicted molar refractivity (Wildman–Crippen MR) is 54.8 cm³/mol. The van der Waals surface area contributed by atoms with E-state index in [0.717, 1.165) is 5.82 Å². The van der Waals surface area contributed by atoms with Crippen molar-refractivity contribution in [3.8, 4) is 6.07 Å². The summed E-state index contributed by atoms with van der Waals surface area (Å²) in [4.78, 5) is 4.16. The van der Waals surface area contributed by atoms with Gasteiger partial charge >= 0.3 is 0 Å². The average molecular weight is 187 g/mol. The van der Waals surface area contributed by atoms with Crippen molar-refractivity contribution in [2.24, 2.45) is 5.41 Å². The Balaban J connectivity index is 2.08. The molecule has 0 bridgehead atoms. The number of nitriles is 1. The lowest BCUT2D eigenvalue weighted by molar-refractivity contribution is 0.630. The van der Waals surface area contributed by atoms with Gasteiger partial charge in [-0.1, -0.05) is 19.9 Å². The predicted octanol–water partition coefficient (Wildman–Crippen LogP) is 2.16. The summed E-state index contributed by atoms with van der Waals surface area (Å²) < 4.78 is 0. The summed E-state index contributed by atoms with van der Waals surface area (Å²) in [6, 6.07) is 7.99. The van der Waals surface area contributed by atoms with E-state index in [1.54, 1.807) is 6.07 Å². The van der Waals surface area contributed by atoms with Crippen molar-refractivity contribution in [2.75, 3.05) is 5.32 Å². The fraction of sp³-hybridized carbons (Fsp3) is 0.455. The van der Waals surface area contributed by atoms with Crippen LogP contribution >= 0.6 is 0 Å². The molecule has 0 aromatic carbocycles. The number of rotatable bonds is 2. The highest BCUT2D eigenvalue weighted by Gasteiger charge is 2.45. The smallest absolute Gasteiger partial charge is 0.142 e. The first-order valence-corrected chi connectivity index (χ1v) is 4.75. The van der Waals surface area contributed by atoms with Gasteiger partial charge in [-0.2, -0.15) is 5.26 Å². The zero-order valence-electron chi connectivity index (χ0n) is 8.41. The van der Waals surface area contributed by atoms with Gasteiger partial charge in [-0.3, -0.25) is 0 Å². The first-order valence-electron chi connectivity index (χ1n) is 4.75. The van der Waals surface area contributed by atoms with Gasteiger partial charge in [0.2, 0.25) is 0 Å². The van der Waals surface area contributed by atoms with Crippen LogP contribution in [0.2, 0.25) is 0 Å².